The van der Waals surface area contributed by atoms with Gasteiger partial charge in [-0.15, -0.1) is 0 Å². The number of aromatic nitrogens is 1. The quantitative estimate of drug-likeness (QED) is 0.931. The summed E-state index contributed by atoms with van der Waals surface area (Å²) in [5.74, 6) is 0. The van der Waals surface area contributed by atoms with Crippen LogP contribution in [0, 0.1) is 12.3 Å². The first-order valence-electron chi connectivity index (χ1n) is 7.37. The van der Waals surface area contributed by atoms with E-state index in [1.807, 2.05) is 6.92 Å². The zero-order chi connectivity index (χ0) is 14.2. The predicted octanol–water partition coefficient (Wildman–Crippen LogP) is 2.71. The molecule has 2 aromatic rings. The van der Waals surface area contributed by atoms with Gasteiger partial charge in [-0.25, -0.2) is 0 Å². The third-order valence-electron chi connectivity index (χ3n) is 4.43. The van der Waals surface area contributed by atoms with Crippen molar-refractivity contribution in [3.8, 4) is 0 Å². The molecule has 1 aliphatic heterocycles. The fourth-order valence-electron chi connectivity index (χ4n) is 3.06. The van der Waals surface area contributed by atoms with Gasteiger partial charge in [0.25, 0.3) is 0 Å². The van der Waals surface area contributed by atoms with Gasteiger partial charge in [-0.3, -0.25) is 9.88 Å². The molecule has 3 heteroatoms. The van der Waals surface area contributed by atoms with Gasteiger partial charge in [0.15, 0.2) is 0 Å². The highest BCUT2D eigenvalue weighted by molar-refractivity contribution is 5.79. The number of benzene rings is 1. The summed E-state index contributed by atoms with van der Waals surface area (Å²) in [6.07, 6.45) is 1.21. The molecule has 1 atom stereocenters. The van der Waals surface area contributed by atoms with Crippen LogP contribution < -0.4 is 5.73 Å². The van der Waals surface area contributed by atoms with Crippen LogP contribution in [0.3, 0.4) is 0 Å². The molecule has 0 bridgehead atoms. The second-order valence-corrected chi connectivity index (χ2v) is 6.46. The average Bonchev–Trinajstić information content (AvgIpc) is 2.81. The Labute approximate surface area is 120 Å². The van der Waals surface area contributed by atoms with Crippen LogP contribution in [0.2, 0.25) is 0 Å². The molecule has 2 N–H and O–H groups in total. The van der Waals surface area contributed by atoms with Crippen LogP contribution in [0.15, 0.2) is 30.3 Å². The minimum Gasteiger partial charge on any atom is -0.330 e. The van der Waals surface area contributed by atoms with Crippen LogP contribution >= 0.6 is 0 Å². The summed E-state index contributed by atoms with van der Waals surface area (Å²) in [5, 5.41) is 1.23. The standard InChI is InChI=1S/C17H23N3/c1-13-3-5-15-9-14(4-6-16(15)19-13)10-20-8-7-17(2,11-18)12-20/h3-6,9H,7-8,10-12,18H2,1-2H3. The Bertz CT molecular complexity index is 623. The van der Waals surface area contributed by atoms with Crippen molar-refractivity contribution >= 4 is 10.9 Å². The van der Waals surface area contributed by atoms with Crippen LogP contribution in [0.1, 0.15) is 24.6 Å². The molecule has 1 fully saturated rings. The van der Waals surface area contributed by atoms with Gasteiger partial charge in [0, 0.05) is 24.2 Å². The fourth-order valence-corrected chi connectivity index (χ4v) is 3.06. The summed E-state index contributed by atoms with van der Waals surface area (Å²) in [4.78, 5) is 7.06. The topological polar surface area (TPSA) is 42.1 Å². The lowest BCUT2D eigenvalue weighted by atomic mass is 9.90. The maximum atomic E-state index is 5.88. The van der Waals surface area contributed by atoms with E-state index in [4.69, 9.17) is 5.73 Å². The third-order valence-corrected chi connectivity index (χ3v) is 4.43. The van der Waals surface area contributed by atoms with Crippen molar-refractivity contribution in [3.05, 3.63) is 41.6 Å². The van der Waals surface area contributed by atoms with E-state index in [2.05, 4.69) is 47.1 Å². The molecule has 1 saturated heterocycles. The highest BCUT2D eigenvalue weighted by atomic mass is 15.2. The van der Waals surface area contributed by atoms with E-state index in [0.29, 0.717) is 5.41 Å². The maximum Gasteiger partial charge on any atom is 0.0705 e. The van der Waals surface area contributed by atoms with Crippen LogP contribution in [0.4, 0.5) is 0 Å². The third kappa shape index (κ3) is 2.69. The Morgan fingerprint density at radius 2 is 2.15 bits per heavy atom. The van der Waals surface area contributed by atoms with Crippen LogP contribution in [0.25, 0.3) is 10.9 Å². The first kappa shape index (κ1) is 13.5. The van der Waals surface area contributed by atoms with Crippen molar-refractivity contribution in [2.75, 3.05) is 19.6 Å². The molecule has 106 valence electrons. The molecule has 3 nitrogen and oxygen atoms in total. The van der Waals surface area contributed by atoms with Gasteiger partial charge in [0.2, 0.25) is 0 Å². The Kier molecular flexibility index (Phi) is 3.48. The number of pyridine rings is 1. The first-order chi connectivity index (χ1) is 9.58. The van der Waals surface area contributed by atoms with E-state index < -0.39 is 0 Å². The molecule has 2 heterocycles. The molecule has 1 unspecified atom stereocenters. The average molecular weight is 269 g/mol. The van der Waals surface area contributed by atoms with Gasteiger partial charge < -0.3 is 5.73 Å². The summed E-state index contributed by atoms with van der Waals surface area (Å²) < 4.78 is 0. The Hall–Kier alpha value is -1.45. The van der Waals surface area contributed by atoms with Gasteiger partial charge in [-0.1, -0.05) is 19.1 Å². The van der Waals surface area contributed by atoms with Crippen molar-refractivity contribution in [1.82, 2.24) is 9.88 Å². The summed E-state index contributed by atoms with van der Waals surface area (Å²) in [7, 11) is 0. The molecule has 0 amide bonds. The monoisotopic (exact) mass is 269 g/mol. The number of fused-ring (bicyclic) bond motifs is 1. The van der Waals surface area contributed by atoms with E-state index in [1.165, 1.54) is 17.4 Å². The molecule has 20 heavy (non-hydrogen) atoms. The second kappa shape index (κ2) is 5.15. The predicted molar refractivity (Wildman–Crippen MR) is 83.5 cm³/mol. The lowest BCUT2D eigenvalue weighted by Gasteiger charge is -2.22. The summed E-state index contributed by atoms with van der Waals surface area (Å²) in [5.41, 5.74) is 9.70. The Morgan fingerprint density at radius 3 is 2.90 bits per heavy atom. The SMILES string of the molecule is Cc1ccc2cc(CN3CCC(C)(CN)C3)ccc2n1. The largest absolute Gasteiger partial charge is 0.330 e. The lowest BCUT2D eigenvalue weighted by Crippen LogP contribution is -2.31. The highest BCUT2D eigenvalue weighted by Crippen LogP contribution is 2.29. The van der Waals surface area contributed by atoms with Crippen molar-refractivity contribution in [3.63, 3.8) is 0 Å². The number of hydrogen-bond donors (Lipinski definition) is 1. The van der Waals surface area contributed by atoms with Crippen LogP contribution in [0.5, 0.6) is 0 Å². The van der Waals surface area contributed by atoms with Gasteiger partial charge >= 0.3 is 0 Å². The van der Waals surface area contributed by atoms with E-state index in [0.717, 1.165) is 37.4 Å². The van der Waals surface area contributed by atoms with E-state index >= 15 is 0 Å². The molecule has 0 radical (unpaired) electrons. The van der Waals surface area contributed by atoms with Gasteiger partial charge in [0.05, 0.1) is 5.52 Å². The number of likely N-dealkylation sites (tertiary alicyclic amines) is 1. The second-order valence-electron chi connectivity index (χ2n) is 6.46. The summed E-state index contributed by atoms with van der Waals surface area (Å²) in [6.45, 7) is 8.38. The zero-order valence-electron chi connectivity index (χ0n) is 12.4. The van der Waals surface area contributed by atoms with Crippen molar-refractivity contribution < 1.29 is 0 Å². The number of nitrogens with zero attached hydrogens (tertiary/aromatic N) is 2. The molecule has 0 aliphatic carbocycles. The maximum absolute atomic E-state index is 5.88. The van der Waals surface area contributed by atoms with Crippen LogP contribution in [-0.4, -0.2) is 29.5 Å². The molecule has 1 aromatic carbocycles. The molecular weight excluding hydrogens is 246 g/mol. The number of aryl methyl sites for hydroxylation is 1. The molecule has 3 rings (SSSR count). The smallest absolute Gasteiger partial charge is 0.0705 e. The normalized spacial score (nSPS) is 23.6. The zero-order valence-corrected chi connectivity index (χ0v) is 12.4. The molecule has 0 spiro atoms. The Balaban J connectivity index is 1.77. The highest BCUT2D eigenvalue weighted by Gasteiger charge is 2.32. The Morgan fingerprint density at radius 1 is 1.30 bits per heavy atom. The molecule has 1 aliphatic rings. The summed E-state index contributed by atoms with van der Waals surface area (Å²) in [6, 6.07) is 10.8. The molecule has 0 saturated carbocycles. The van der Waals surface area contributed by atoms with Gasteiger partial charge in [-0.2, -0.15) is 0 Å². The number of rotatable bonds is 3. The van der Waals surface area contributed by atoms with Crippen molar-refractivity contribution in [2.24, 2.45) is 11.1 Å². The van der Waals surface area contributed by atoms with E-state index in [1.54, 1.807) is 0 Å². The minimum atomic E-state index is 0.301. The van der Waals surface area contributed by atoms with Gasteiger partial charge in [0.1, 0.15) is 0 Å². The number of hydrogen-bond acceptors (Lipinski definition) is 3. The molecule has 1 aromatic heterocycles. The van der Waals surface area contributed by atoms with Crippen molar-refractivity contribution in [2.45, 2.75) is 26.8 Å². The summed E-state index contributed by atoms with van der Waals surface area (Å²) >= 11 is 0. The molecular formula is C17H23N3. The first-order valence-corrected chi connectivity index (χ1v) is 7.37. The van der Waals surface area contributed by atoms with Gasteiger partial charge in [-0.05, 0) is 55.6 Å². The minimum absolute atomic E-state index is 0.301. The lowest BCUT2D eigenvalue weighted by molar-refractivity contribution is 0.274. The van der Waals surface area contributed by atoms with Crippen LogP contribution in [-0.2, 0) is 6.54 Å². The van der Waals surface area contributed by atoms with Crippen molar-refractivity contribution in [1.29, 1.82) is 0 Å². The van der Waals surface area contributed by atoms with E-state index in [-0.39, 0.29) is 0 Å². The van der Waals surface area contributed by atoms with E-state index in [9.17, 15) is 0 Å². The number of nitrogens with two attached hydrogens (primary N) is 1. The fraction of sp³-hybridized carbons (Fsp3) is 0.471.